The van der Waals surface area contributed by atoms with E-state index in [0.717, 1.165) is 12.3 Å². The van der Waals surface area contributed by atoms with E-state index in [1.807, 2.05) is 0 Å². The minimum Gasteiger partial charge on any atom is -0.161 e. The van der Waals surface area contributed by atoms with Gasteiger partial charge in [0.1, 0.15) is 0 Å². The van der Waals surface area contributed by atoms with Crippen LogP contribution >= 0.6 is 8.03 Å². The summed E-state index contributed by atoms with van der Waals surface area (Å²) in [7, 11) is -1.91. The quantitative estimate of drug-likeness (QED) is 0.690. The highest BCUT2D eigenvalue weighted by Crippen LogP contribution is 2.36. The zero-order chi connectivity index (χ0) is 8.97. The van der Waals surface area contributed by atoms with Gasteiger partial charge in [-0.15, -0.1) is 0 Å². The Hall–Kier alpha value is 0.0600. The molecule has 1 rings (SSSR count). The van der Waals surface area contributed by atoms with Gasteiger partial charge < -0.3 is 0 Å². The van der Waals surface area contributed by atoms with Crippen LogP contribution in [0.25, 0.3) is 0 Å². The molecule has 1 aliphatic carbocycles. The second-order valence-corrected chi connectivity index (χ2v) is 4.82. The molecule has 1 fully saturated rings. The first-order valence-electron chi connectivity index (χ1n) is 4.87. The van der Waals surface area contributed by atoms with Gasteiger partial charge in [0, 0.05) is 5.92 Å². The SMILES string of the molecule is CCC(C[P+](=O)O)C1CCCC1. The van der Waals surface area contributed by atoms with E-state index in [9.17, 15) is 4.57 Å². The minimum absolute atomic E-state index is 0.501. The van der Waals surface area contributed by atoms with Crippen LogP contribution in [0.1, 0.15) is 39.0 Å². The van der Waals surface area contributed by atoms with Crippen molar-refractivity contribution in [1.82, 2.24) is 0 Å². The molecule has 1 N–H and O–H groups in total. The van der Waals surface area contributed by atoms with E-state index in [4.69, 9.17) is 4.89 Å². The van der Waals surface area contributed by atoms with Crippen molar-refractivity contribution >= 4 is 8.03 Å². The van der Waals surface area contributed by atoms with Crippen LogP contribution in [0.4, 0.5) is 0 Å². The summed E-state index contributed by atoms with van der Waals surface area (Å²) in [6.07, 6.45) is 6.79. The van der Waals surface area contributed by atoms with Crippen LogP contribution in [-0.2, 0) is 4.57 Å². The van der Waals surface area contributed by atoms with Gasteiger partial charge in [-0.25, -0.2) is 0 Å². The lowest BCUT2D eigenvalue weighted by atomic mass is 9.90. The Morgan fingerprint density at radius 2 is 2.08 bits per heavy atom. The average molecular weight is 189 g/mol. The number of hydrogen-bond donors (Lipinski definition) is 1. The van der Waals surface area contributed by atoms with Crippen molar-refractivity contribution in [2.24, 2.45) is 11.8 Å². The Morgan fingerprint density at radius 3 is 2.50 bits per heavy atom. The fourth-order valence-electron chi connectivity index (χ4n) is 2.24. The second kappa shape index (κ2) is 4.94. The Bertz CT molecular complexity index is 153. The lowest BCUT2D eigenvalue weighted by Crippen LogP contribution is -2.13. The first-order valence-corrected chi connectivity index (χ1v) is 6.27. The molecule has 2 atom stereocenters. The van der Waals surface area contributed by atoms with Crippen molar-refractivity contribution in [2.45, 2.75) is 39.0 Å². The van der Waals surface area contributed by atoms with Crippen molar-refractivity contribution in [1.29, 1.82) is 0 Å². The average Bonchev–Trinajstić information content (AvgIpc) is 2.51. The second-order valence-electron chi connectivity index (χ2n) is 3.75. The van der Waals surface area contributed by atoms with Gasteiger partial charge in [-0.3, -0.25) is 0 Å². The van der Waals surface area contributed by atoms with E-state index in [1.165, 1.54) is 25.7 Å². The van der Waals surface area contributed by atoms with Crippen molar-refractivity contribution in [2.75, 3.05) is 6.16 Å². The van der Waals surface area contributed by atoms with Crippen molar-refractivity contribution in [3.05, 3.63) is 0 Å². The molecule has 0 radical (unpaired) electrons. The summed E-state index contributed by atoms with van der Waals surface area (Å²) >= 11 is 0. The summed E-state index contributed by atoms with van der Waals surface area (Å²) in [6.45, 7) is 2.13. The van der Waals surface area contributed by atoms with Gasteiger partial charge in [-0.2, -0.15) is 4.89 Å². The first kappa shape index (κ1) is 10.1. The molecule has 1 saturated carbocycles. The van der Waals surface area contributed by atoms with E-state index < -0.39 is 8.03 Å². The molecule has 70 valence electrons. The van der Waals surface area contributed by atoms with Gasteiger partial charge in [0.05, 0.1) is 0 Å². The maximum absolute atomic E-state index is 10.7. The largest absolute Gasteiger partial charge is 0.505 e. The third-order valence-electron chi connectivity index (χ3n) is 2.98. The summed E-state index contributed by atoms with van der Waals surface area (Å²) in [4.78, 5) is 8.82. The maximum atomic E-state index is 10.7. The van der Waals surface area contributed by atoms with Gasteiger partial charge in [-0.05, 0) is 16.9 Å². The van der Waals surface area contributed by atoms with Gasteiger partial charge >= 0.3 is 8.03 Å². The summed E-state index contributed by atoms with van der Waals surface area (Å²) in [5.74, 6) is 1.24. The molecule has 0 saturated heterocycles. The number of hydrogen-bond acceptors (Lipinski definition) is 1. The van der Waals surface area contributed by atoms with Gasteiger partial charge in [0.25, 0.3) is 0 Å². The van der Waals surface area contributed by atoms with Crippen molar-refractivity contribution in [3.63, 3.8) is 0 Å². The molecule has 0 aromatic rings. The number of rotatable bonds is 4. The van der Waals surface area contributed by atoms with Crippen LogP contribution in [0.3, 0.4) is 0 Å². The Labute approximate surface area is 75.2 Å². The van der Waals surface area contributed by atoms with Gasteiger partial charge in [0.15, 0.2) is 6.16 Å². The van der Waals surface area contributed by atoms with E-state index >= 15 is 0 Å². The lowest BCUT2D eigenvalue weighted by Gasteiger charge is -2.15. The van der Waals surface area contributed by atoms with Crippen molar-refractivity contribution in [3.8, 4) is 0 Å². The minimum atomic E-state index is -1.91. The summed E-state index contributed by atoms with van der Waals surface area (Å²) < 4.78 is 10.7. The molecule has 0 spiro atoms. The maximum Gasteiger partial charge on any atom is 0.505 e. The Kier molecular flexibility index (Phi) is 4.17. The molecule has 0 heterocycles. The molecular weight excluding hydrogens is 171 g/mol. The highest BCUT2D eigenvalue weighted by Gasteiger charge is 2.29. The predicted molar refractivity (Wildman–Crippen MR) is 50.4 cm³/mol. The molecule has 2 unspecified atom stereocenters. The standard InChI is InChI=1S/C9H17O2P/c1-2-8(7-12(10)11)9-5-3-4-6-9/h8-9H,2-7H2,1H3/p+1. The molecule has 0 aromatic carbocycles. The molecule has 0 aromatic heterocycles. The van der Waals surface area contributed by atoms with Crippen LogP contribution in [0.2, 0.25) is 0 Å². The van der Waals surface area contributed by atoms with Crippen LogP contribution in [0, 0.1) is 11.8 Å². The van der Waals surface area contributed by atoms with E-state index in [2.05, 4.69) is 6.92 Å². The summed E-state index contributed by atoms with van der Waals surface area (Å²) in [6, 6.07) is 0. The molecule has 0 amide bonds. The van der Waals surface area contributed by atoms with Gasteiger partial charge in [0.2, 0.25) is 0 Å². The third-order valence-corrected chi connectivity index (χ3v) is 3.76. The van der Waals surface area contributed by atoms with E-state index in [0.29, 0.717) is 12.1 Å². The molecule has 1 aliphatic rings. The zero-order valence-electron chi connectivity index (χ0n) is 7.70. The van der Waals surface area contributed by atoms with E-state index in [1.54, 1.807) is 0 Å². The van der Waals surface area contributed by atoms with Crippen LogP contribution in [0.5, 0.6) is 0 Å². The molecule has 0 bridgehead atoms. The first-order chi connectivity index (χ1) is 5.74. The van der Waals surface area contributed by atoms with Crippen LogP contribution < -0.4 is 0 Å². The summed E-state index contributed by atoms with van der Waals surface area (Å²) in [5.41, 5.74) is 0. The highest BCUT2D eigenvalue weighted by molar-refractivity contribution is 7.38. The van der Waals surface area contributed by atoms with Crippen LogP contribution in [-0.4, -0.2) is 11.1 Å². The van der Waals surface area contributed by atoms with Gasteiger partial charge in [-0.1, -0.05) is 32.6 Å². The molecule has 2 nitrogen and oxygen atoms in total. The van der Waals surface area contributed by atoms with E-state index in [-0.39, 0.29) is 0 Å². The molecule has 3 heteroatoms. The third kappa shape index (κ3) is 2.84. The normalized spacial score (nSPS) is 22.7. The predicted octanol–water partition coefficient (Wildman–Crippen LogP) is 2.94. The Morgan fingerprint density at radius 1 is 1.50 bits per heavy atom. The monoisotopic (exact) mass is 189 g/mol. The highest BCUT2D eigenvalue weighted by atomic mass is 31.1. The topological polar surface area (TPSA) is 37.3 Å². The molecular formula is C9H18O2P+. The fraction of sp³-hybridized carbons (Fsp3) is 1.00. The zero-order valence-corrected chi connectivity index (χ0v) is 8.59. The van der Waals surface area contributed by atoms with Crippen molar-refractivity contribution < 1.29 is 9.46 Å². The molecule has 0 aliphatic heterocycles. The lowest BCUT2D eigenvalue weighted by molar-refractivity contribution is 0.351. The Balaban J connectivity index is 2.37. The molecule has 12 heavy (non-hydrogen) atoms. The van der Waals surface area contributed by atoms with Crippen LogP contribution in [0.15, 0.2) is 0 Å². The smallest absolute Gasteiger partial charge is 0.161 e. The summed E-state index contributed by atoms with van der Waals surface area (Å²) in [5, 5.41) is 0. The fourth-order valence-corrected chi connectivity index (χ4v) is 3.20.